The van der Waals surface area contributed by atoms with Crippen LogP contribution in [0.2, 0.25) is 0 Å². The zero-order valence-corrected chi connectivity index (χ0v) is 35.3. The Morgan fingerprint density at radius 3 is 2.13 bits per heavy atom. The number of anilines is 2. The maximum absolute atomic E-state index is 14.8. The molecule has 3 aliphatic rings. The van der Waals surface area contributed by atoms with Crippen LogP contribution in [0, 0.1) is 5.41 Å². The number of hydrogen-bond donors (Lipinski definition) is 2. The predicted octanol–water partition coefficient (Wildman–Crippen LogP) is 6.49. The normalized spacial score (nSPS) is 16.3. The lowest BCUT2D eigenvalue weighted by atomic mass is 9.78. The summed E-state index contributed by atoms with van der Waals surface area (Å²) < 4.78 is 10.4. The van der Waals surface area contributed by atoms with E-state index in [2.05, 4.69) is 20.5 Å². The van der Waals surface area contributed by atoms with Crippen LogP contribution >= 0.6 is 0 Å². The molecule has 2 aliphatic heterocycles. The number of nitrogens with one attached hydrogen (secondary N) is 2. The quantitative estimate of drug-likeness (QED) is 0.162. The van der Waals surface area contributed by atoms with Crippen molar-refractivity contribution in [2.75, 3.05) is 44.4 Å². The molecule has 3 heterocycles. The molecule has 1 saturated heterocycles. The number of methoxy groups -OCH3 is 1. The number of esters is 1. The Labute approximate surface area is 351 Å². The smallest absolute Gasteiger partial charge is 0.410 e. The number of nitrogens with zero attached hydrogens (tertiary/aromatic N) is 4. The number of rotatable bonds is 11. The summed E-state index contributed by atoms with van der Waals surface area (Å²) in [5.41, 5.74) is 4.38. The minimum atomic E-state index is -0.805. The molecular weight excluding hydrogens is 761 g/mol. The number of amides is 4. The molecule has 0 bridgehead atoms. The Kier molecular flexibility index (Phi) is 11.8. The van der Waals surface area contributed by atoms with Gasteiger partial charge in [-0.05, 0) is 106 Å². The fourth-order valence-electron chi connectivity index (χ4n) is 8.54. The first-order valence-electron chi connectivity index (χ1n) is 20.4. The van der Waals surface area contributed by atoms with Gasteiger partial charge >= 0.3 is 12.1 Å². The van der Waals surface area contributed by atoms with E-state index in [1.165, 1.54) is 18.2 Å². The number of benzene rings is 3. The summed E-state index contributed by atoms with van der Waals surface area (Å²) >= 11 is 0. The van der Waals surface area contributed by atoms with Crippen LogP contribution in [0.4, 0.5) is 16.3 Å². The van der Waals surface area contributed by atoms with Crippen molar-refractivity contribution < 1.29 is 33.4 Å². The Hall–Kier alpha value is -6.08. The van der Waals surface area contributed by atoms with Crippen molar-refractivity contribution in [2.24, 2.45) is 5.41 Å². The Morgan fingerprint density at radius 1 is 0.900 bits per heavy atom. The first-order valence-corrected chi connectivity index (χ1v) is 20.4. The van der Waals surface area contributed by atoms with E-state index in [-0.39, 0.29) is 37.4 Å². The number of carbonyl (C=O) groups is 5. The summed E-state index contributed by atoms with van der Waals surface area (Å²) in [6.45, 7) is 9.56. The summed E-state index contributed by atoms with van der Waals surface area (Å²) in [5, 5.41) is 5.95. The second-order valence-corrected chi connectivity index (χ2v) is 17.6. The van der Waals surface area contributed by atoms with Gasteiger partial charge in [-0.3, -0.25) is 19.3 Å². The van der Waals surface area contributed by atoms with E-state index in [9.17, 15) is 24.0 Å². The summed E-state index contributed by atoms with van der Waals surface area (Å²) in [7, 11) is 3.03. The topological polar surface area (TPSA) is 150 Å². The predicted molar refractivity (Wildman–Crippen MR) is 227 cm³/mol. The van der Waals surface area contributed by atoms with Crippen LogP contribution in [0.25, 0.3) is 0 Å². The zero-order chi connectivity index (χ0) is 42.8. The molecule has 4 amide bonds. The van der Waals surface area contributed by atoms with Crippen LogP contribution in [-0.4, -0.2) is 88.9 Å². The van der Waals surface area contributed by atoms with E-state index in [0.717, 1.165) is 33.4 Å². The average Bonchev–Trinajstić information content (AvgIpc) is 3.74. The first kappa shape index (κ1) is 42.1. The standard InChI is InChI=1S/C47H54N6O7/c1-45(2,3)60-44(58)51(5)28-35-13-9-10-14-36(35)29-53(43(57)46(4)19-21-52(22-20-46)27-31-15-17-32(18-16-31)41(55)59-6)30-39(54)49-37-23-38-40(48-26-37)50-42(56)47(38)24-33-11-7-8-12-34(33)25-47/h7-18,23,26H,19-22,24-25,27-30H2,1-6H3,(H,49,54)(H,48,50,56). The number of aromatic nitrogens is 1. The average molecular weight is 815 g/mol. The van der Waals surface area contributed by atoms with E-state index in [4.69, 9.17) is 9.47 Å². The van der Waals surface area contributed by atoms with Gasteiger partial charge in [0.2, 0.25) is 17.7 Å². The van der Waals surface area contributed by atoms with E-state index in [1.807, 2.05) is 94.4 Å². The third-order valence-electron chi connectivity index (χ3n) is 11.9. The molecular formula is C47H54N6O7. The highest BCUT2D eigenvalue weighted by molar-refractivity contribution is 6.07. The number of piperidine rings is 1. The SMILES string of the molecule is COC(=O)c1ccc(CN2CCC(C)(C(=O)N(CC(=O)Nc3cnc4c(c3)C3(Cc5ccccc5C3)C(=O)N4)Cc3ccccc3CN(C)C(=O)OC(C)(C)C)CC2)cc1. The number of carbonyl (C=O) groups excluding carboxylic acids is 5. The molecule has 4 aromatic rings. The van der Waals surface area contributed by atoms with Crippen molar-refractivity contribution in [3.63, 3.8) is 0 Å². The third kappa shape index (κ3) is 9.06. The number of ether oxygens (including phenoxy) is 2. The molecule has 314 valence electrons. The first-order chi connectivity index (χ1) is 28.6. The van der Waals surface area contributed by atoms with E-state index in [0.29, 0.717) is 62.4 Å². The largest absolute Gasteiger partial charge is 0.465 e. The van der Waals surface area contributed by atoms with Gasteiger partial charge in [-0.15, -0.1) is 0 Å². The van der Waals surface area contributed by atoms with Crippen molar-refractivity contribution in [1.82, 2.24) is 19.7 Å². The molecule has 13 nitrogen and oxygen atoms in total. The van der Waals surface area contributed by atoms with Crippen LogP contribution in [0.5, 0.6) is 0 Å². The van der Waals surface area contributed by atoms with Gasteiger partial charge in [-0.2, -0.15) is 0 Å². The van der Waals surface area contributed by atoms with Crippen LogP contribution in [0.1, 0.15) is 84.3 Å². The third-order valence-corrected chi connectivity index (χ3v) is 11.9. The molecule has 3 aromatic carbocycles. The lowest BCUT2D eigenvalue weighted by Gasteiger charge is -2.41. The van der Waals surface area contributed by atoms with E-state index >= 15 is 0 Å². The van der Waals surface area contributed by atoms with Gasteiger partial charge in [0.1, 0.15) is 18.0 Å². The Balaban J connectivity index is 1.09. The number of pyridine rings is 1. The molecule has 2 N–H and O–H groups in total. The Morgan fingerprint density at radius 2 is 1.52 bits per heavy atom. The van der Waals surface area contributed by atoms with Crippen molar-refractivity contribution in [1.29, 1.82) is 0 Å². The number of hydrogen-bond acceptors (Lipinski definition) is 9. The van der Waals surface area contributed by atoms with Crippen LogP contribution in [0.15, 0.2) is 85.1 Å². The molecule has 0 saturated carbocycles. The molecule has 0 unspecified atom stereocenters. The van der Waals surface area contributed by atoms with Crippen molar-refractivity contribution >= 4 is 41.3 Å². The highest BCUT2D eigenvalue weighted by Crippen LogP contribution is 2.47. The second-order valence-electron chi connectivity index (χ2n) is 17.6. The van der Waals surface area contributed by atoms with Crippen LogP contribution in [0.3, 0.4) is 0 Å². The second kappa shape index (κ2) is 16.9. The number of fused-ring (bicyclic) bond motifs is 3. The van der Waals surface area contributed by atoms with Gasteiger partial charge in [-0.25, -0.2) is 14.6 Å². The number of likely N-dealkylation sites (tertiary alicyclic amines) is 1. The molecule has 7 rings (SSSR count). The van der Waals surface area contributed by atoms with Gasteiger partial charge in [0, 0.05) is 37.7 Å². The van der Waals surface area contributed by atoms with Gasteiger partial charge < -0.3 is 29.9 Å². The van der Waals surface area contributed by atoms with Crippen molar-refractivity contribution in [2.45, 2.75) is 84.0 Å². The minimum Gasteiger partial charge on any atom is -0.465 e. The molecule has 1 aliphatic carbocycles. The van der Waals surface area contributed by atoms with Crippen LogP contribution in [-0.2, 0) is 61.7 Å². The van der Waals surface area contributed by atoms with Gasteiger partial charge in [0.05, 0.1) is 30.0 Å². The fraction of sp³-hybridized carbons (Fsp3) is 0.404. The summed E-state index contributed by atoms with van der Waals surface area (Å²) in [5.74, 6) is -0.530. The maximum Gasteiger partial charge on any atom is 0.410 e. The lowest BCUT2D eigenvalue weighted by Crippen LogP contribution is -2.50. The monoisotopic (exact) mass is 814 g/mol. The van der Waals surface area contributed by atoms with Gasteiger partial charge in [0.25, 0.3) is 0 Å². The van der Waals surface area contributed by atoms with Crippen LogP contribution < -0.4 is 10.6 Å². The summed E-state index contributed by atoms with van der Waals surface area (Å²) in [4.78, 5) is 77.1. The highest BCUT2D eigenvalue weighted by atomic mass is 16.6. The molecule has 1 spiro atoms. The highest BCUT2D eigenvalue weighted by Gasteiger charge is 2.51. The van der Waals surface area contributed by atoms with E-state index in [1.54, 1.807) is 24.1 Å². The van der Waals surface area contributed by atoms with Gasteiger partial charge in [0.15, 0.2) is 0 Å². The summed E-state index contributed by atoms with van der Waals surface area (Å²) in [6, 6.07) is 24.8. The fourth-order valence-corrected chi connectivity index (χ4v) is 8.54. The molecule has 0 radical (unpaired) electrons. The molecule has 0 atom stereocenters. The van der Waals surface area contributed by atoms with Gasteiger partial charge in [-0.1, -0.05) is 67.6 Å². The molecule has 1 fully saturated rings. The van der Waals surface area contributed by atoms with E-state index < -0.39 is 28.4 Å². The minimum absolute atomic E-state index is 0.104. The Bertz CT molecular complexity index is 2270. The molecule has 1 aromatic heterocycles. The lowest BCUT2D eigenvalue weighted by molar-refractivity contribution is -0.146. The maximum atomic E-state index is 14.8. The molecule has 60 heavy (non-hydrogen) atoms. The molecule has 13 heteroatoms. The van der Waals surface area contributed by atoms with Crippen molar-refractivity contribution in [3.8, 4) is 0 Å². The zero-order valence-electron chi connectivity index (χ0n) is 35.3. The van der Waals surface area contributed by atoms with Crippen molar-refractivity contribution in [3.05, 3.63) is 124 Å². The summed E-state index contributed by atoms with van der Waals surface area (Å²) in [6.07, 6.45) is 3.31.